The second-order valence-electron chi connectivity index (χ2n) is 11.1. The van der Waals surface area contributed by atoms with E-state index >= 15 is 0 Å². The molecule has 41 heavy (non-hydrogen) atoms. The number of H-pyrrole nitrogens is 1. The summed E-state index contributed by atoms with van der Waals surface area (Å²) in [6, 6.07) is 8.19. The van der Waals surface area contributed by atoms with E-state index in [0.29, 0.717) is 24.2 Å². The van der Waals surface area contributed by atoms with Crippen LogP contribution in [-0.4, -0.2) is 41.7 Å². The van der Waals surface area contributed by atoms with E-state index in [1.54, 1.807) is 0 Å². The molecule has 2 aliphatic heterocycles. The Balaban J connectivity index is 1.93. The molecule has 0 spiro atoms. The number of carboxylic acids is 2. The summed E-state index contributed by atoms with van der Waals surface area (Å²) in [7, 11) is 2.06. The van der Waals surface area contributed by atoms with Gasteiger partial charge in [-0.3, -0.25) is 9.59 Å². The minimum atomic E-state index is -0.870. The van der Waals surface area contributed by atoms with E-state index in [1.165, 1.54) is 5.56 Å². The summed E-state index contributed by atoms with van der Waals surface area (Å²) in [4.78, 5) is 36.6. The predicted octanol–water partition coefficient (Wildman–Crippen LogP) is 7.15. The maximum atomic E-state index is 11.5. The molecule has 2 aliphatic rings. The smallest absolute Gasteiger partial charge is 0.303 e. The topological polar surface area (TPSA) is 121 Å². The fourth-order valence-corrected chi connectivity index (χ4v) is 5.86. The molecule has 0 atom stereocenters. The number of rotatable bonds is 6. The first-order valence-corrected chi connectivity index (χ1v) is 13.9. The van der Waals surface area contributed by atoms with E-state index in [4.69, 9.17) is 9.97 Å². The second kappa shape index (κ2) is 10.5. The quantitative estimate of drug-likeness (QED) is 0.299. The van der Waals surface area contributed by atoms with Gasteiger partial charge < -0.3 is 19.8 Å². The van der Waals surface area contributed by atoms with Gasteiger partial charge in [-0.05, 0) is 123 Å². The summed E-state index contributed by atoms with van der Waals surface area (Å²) in [6.45, 7) is 12.4. The zero-order valence-corrected chi connectivity index (χ0v) is 24.7. The molecule has 0 amide bonds. The van der Waals surface area contributed by atoms with Gasteiger partial charge in [-0.25, -0.2) is 9.97 Å². The van der Waals surface area contributed by atoms with E-state index in [9.17, 15) is 19.8 Å². The van der Waals surface area contributed by atoms with Crippen LogP contribution in [0, 0.1) is 27.7 Å². The molecule has 0 saturated carbocycles. The number of carbonyl (C=O) groups is 2. The van der Waals surface area contributed by atoms with Crippen molar-refractivity contribution >= 4 is 56.3 Å². The Morgan fingerprint density at radius 3 is 1.59 bits per heavy atom. The Labute approximate surface area is 239 Å². The average Bonchev–Trinajstić information content (AvgIpc) is 3.52. The number of aromatic amines is 1. The molecule has 3 N–H and O–H groups in total. The van der Waals surface area contributed by atoms with Gasteiger partial charge in [-0.1, -0.05) is 0 Å². The minimum Gasteiger partial charge on any atom is -0.481 e. The molecule has 5 heterocycles. The molecular weight excluding hydrogens is 516 g/mol. The lowest BCUT2D eigenvalue weighted by molar-refractivity contribution is -0.137. The van der Waals surface area contributed by atoms with E-state index < -0.39 is 11.9 Å². The van der Waals surface area contributed by atoms with Crippen LogP contribution in [0.5, 0.6) is 0 Å². The van der Waals surface area contributed by atoms with Crippen molar-refractivity contribution in [1.29, 1.82) is 0 Å². The van der Waals surface area contributed by atoms with Crippen molar-refractivity contribution in [2.45, 2.75) is 67.2 Å². The van der Waals surface area contributed by atoms with Crippen LogP contribution >= 0.6 is 0 Å². The van der Waals surface area contributed by atoms with Crippen LogP contribution in [0.4, 0.5) is 0 Å². The molecular formula is C33H36N4O4. The van der Waals surface area contributed by atoms with Gasteiger partial charge in [0, 0.05) is 42.0 Å². The molecule has 8 bridgehead atoms. The van der Waals surface area contributed by atoms with Crippen molar-refractivity contribution in [3.8, 4) is 0 Å². The van der Waals surface area contributed by atoms with Crippen molar-refractivity contribution in [3.63, 3.8) is 0 Å². The molecule has 212 valence electrons. The normalized spacial score (nSPS) is 13.3. The maximum Gasteiger partial charge on any atom is 0.303 e. The molecule has 0 saturated heterocycles. The molecule has 0 aliphatic carbocycles. The number of carboxylic acid groups (broad SMARTS) is 2. The molecule has 3 aromatic heterocycles. The van der Waals surface area contributed by atoms with Gasteiger partial charge in [-0.2, -0.15) is 0 Å². The fraction of sp³-hybridized carbons (Fsp3) is 0.333. The highest BCUT2D eigenvalue weighted by atomic mass is 16.4. The lowest BCUT2D eigenvalue weighted by Gasteiger charge is -2.05. The van der Waals surface area contributed by atoms with Crippen LogP contribution in [-0.2, 0) is 16.6 Å². The highest BCUT2D eigenvalue weighted by Crippen LogP contribution is 2.38. The summed E-state index contributed by atoms with van der Waals surface area (Å²) in [5, 5.41) is 18.9. The fourth-order valence-electron chi connectivity index (χ4n) is 5.86. The van der Waals surface area contributed by atoms with Crippen molar-refractivity contribution < 1.29 is 19.8 Å². The van der Waals surface area contributed by atoms with Crippen LogP contribution in [0.2, 0.25) is 0 Å². The lowest BCUT2D eigenvalue weighted by atomic mass is 9.98. The predicted molar refractivity (Wildman–Crippen MR) is 163 cm³/mol. The summed E-state index contributed by atoms with van der Waals surface area (Å²) in [6.07, 6.45) is 0.646. The Kier molecular flexibility index (Phi) is 7.19. The second-order valence-corrected chi connectivity index (χ2v) is 11.1. The molecule has 0 fully saturated rings. The van der Waals surface area contributed by atoms with Crippen LogP contribution in [0.15, 0.2) is 24.3 Å². The minimum absolute atomic E-state index is 0.0137. The number of hydrogen-bond acceptors (Lipinski definition) is 4. The number of aliphatic carboxylic acids is 2. The molecule has 5 rings (SSSR count). The number of nitrogens with one attached hydrogen (secondary N) is 1. The third kappa shape index (κ3) is 4.99. The number of aryl methyl sites for hydroxylation is 5. The first kappa shape index (κ1) is 28.1. The first-order valence-electron chi connectivity index (χ1n) is 13.9. The Hall–Kier alpha value is -4.46. The van der Waals surface area contributed by atoms with Crippen LogP contribution in [0.3, 0.4) is 0 Å². The standard InChI is InChI=1S/C33H36N4O4/c1-16-17(2)26-14-30-18(3)19(4)31(37(30)7)15-27-21(6)23(9-11-33(40)41)29(36-27)13-28-22(8-10-32(38)39)20(5)25(35-28)12-24(16)34-26/h12-15,34H,8-11H2,1-7H3,(H,38,39)(H,40,41). The molecule has 3 aromatic rings. The largest absolute Gasteiger partial charge is 0.481 e. The van der Waals surface area contributed by atoms with Gasteiger partial charge in [0.25, 0.3) is 0 Å². The van der Waals surface area contributed by atoms with E-state index in [1.807, 2.05) is 26.0 Å². The number of hydrogen-bond donors (Lipinski definition) is 3. The van der Waals surface area contributed by atoms with Crippen LogP contribution in [0.25, 0.3) is 44.4 Å². The van der Waals surface area contributed by atoms with Gasteiger partial charge in [0.2, 0.25) is 0 Å². The van der Waals surface area contributed by atoms with Crippen molar-refractivity contribution in [2.24, 2.45) is 7.05 Å². The maximum absolute atomic E-state index is 11.5. The van der Waals surface area contributed by atoms with Gasteiger partial charge in [0.1, 0.15) is 0 Å². The third-order valence-electron chi connectivity index (χ3n) is 8.75. The molecule has 0 radical (unpaired) electrons. The molecule has 0 unspecified atom stereocenters. The number of fused-ring (bicyclic) bond motifs is 8. The first-order chi connectivity index (χ1) is 19.4. The van der Waals surface area contributed by atoms with Crippen LogP contribution in [0.1, 0.15) is 84.6 Å². The summed E-state index contributed by atoms with van der Waals surface area (Å²) < 4.78 is 2.18. The van der Waals surface area contributed by atoms with E-state index in [0.717, 1.165) is 72.4 Å². The number of aromatic nitrogens is 4. The van der Waals surface area contributed by atoms with Gasteiger partial charge in [-0.15, -0.1) is 0 Å². The van der Waals surface area contributed by atoms with Crippen LogP contribution < -0.4 is 0 Å². The van der Waals surface area contributed by atoms with Gasteiger partial charge in [0.05, 0.1) is 22.8 Å². The summed E-state index contributed by atoms with van der Waals surface area (Å²) in [5.74, 6) is -1.74. The zero-order valence-electron chi connectivity index (χ0n) is 24.7. The Morgan fingerprint density at radius 1 is 0.659 bits per heavy atom. The monoisotopic (exact) mass is 552 g/mol. The van der Waals surface area contributed by atoms with E-state index in [2.05, 4.69) is 56.4 Å². The molecule has 8 heteroatoms. The van der Waals surface area contributed by atoms with Crippen molar-refractivity contribution in [2.75, 3.05) is 0 Å². The zero-order chi connectivity index (χ0) is 29.7. The molecule has 0 aromatic carbocycles. The highest BCUT2D eigenvalue weighted by molar-refractivity contribution is 5.96. The Bertz CT molecular complexity index is 1870. The SMILES string of the molecule is CC1=C(CCC(=O)O)c2cc3nc(cc4c(C)c(C)c(cc5[nH]c(cc1n2)c(C)c5C)n4C)C(C)=C3CCC(=O)O. The van der Waals surface area contributed by atoms with Crippen molar-refractivity contribution in [1.82, 2.24) is 19.5 Å². The summed E-state index contributed by atoms with van der Waals surface area (Å²) in [5.41, 5.74) is 15.3. The van der Waals surface area contributed by atoms with Gasteiger partial charge >= 0.3 is 11.9 Å². The highest BCUT2D eigenvalue weighted by Gasteiger charge is 2.22. The third-order valence-corrected chi connectivity index (χ3v) is 8.75. The number of allylic oxidation sites excluding steroid dienone is 4. The summed E-state index contributed by atoms with van der Waals surface area (Å²) >= 11 is 0. The average molecular weight is 553 g/mol. The Morgan fingerprint density at radius 2 is 1.10 bits per heavy atom. The van der Waals surface area contributed by atoms with E-state index in [-0.39, 0.29) is 12.8 Å². The molecule has 8 nitrogen and oxygen atoms in total. The number of nitrogens with zero attached hydrogens (tertiary/aromatic N) is 3. The van der Waals surface area contributed by atoms with Gasteiger partial charge in [0.15, 0.2) is 0 Å². The lowest BCUT2D eigenvalue weighted by Crippen LogP contribution is -1.97. The van der Waals surface area contributed by atoms with Crippen molar-refractivity contribution in [3.05, 3.63) is 69.3 Å².